The molecule has 3 heteroatoms. The molecule has 2 aromatic heterocycles. The third-order valence-corrected chi connectivity index (χ3v) is 6.80. The number of aromatic nitrogens is 1. The van der Waals surface area contributed by atoms with Crippen molar-refractivity contribution in [2.24, 2.45) is 13.0 Å². The van der Waals surface area contributed by atoms with Gasteiger partial charge in [0.25, 0.3) is 0 Å². The molecule has 0 aliphatic carbocycles. The Morgan fingerprint density at radius 1 is 0.912 bits per heavy atom. The Labute approximate surface area is 201 Å². The van der Waals surface area contributed by atoms with Gasteiger partial charge < -0.3 is 4.42 Å². The van der Waals surface area contributed by atoms with E-state index in [9.17, 15) is 0 Å². The van der Waals surface area contributed by atoms with E-state index in [0.717, 1.165) is 50.7 Å². The molecule has 0 saturated heterocycles. The van der Waals surface area contributed by atoms with Gasteiger partial charge in [0.2, 0.25) is 5.69 Å². The van der Waals surface area contributed by atoms with Crippen LogP contribution in [-0.4, -0.2) is 0 Å². The number of rotatable bonds is 4. The summed E-state index contributed by atoms with van der Waals surface area (Å²) < 4.78 is 8.96. The lowest BCUT2D eigenvalue weighted by Crippen LogP contribution is -2.36. The summed E-state index contributed by atoms with van der Waals surface area (Å²) in [5.41, 5.74) is 10.4. The Morgan fingerprint density at radius 3 is 2.38 bits per heavy atom. The number of benzene rings is 3. The van der Waals surface area contributed by atoms with Gasteiger partial charge >= 0.3 is 0 Å². The first-order valence-electron chi connectivity index (χ1n) is 11.8. The second-order valence-corrected chi connectivity index (χ2v) is 9.57. The van der Waals surface area contributed by atoms with E-state index < -0.39 is 0 Å². The molecule has 0 radical (unpaired) electrons. The standard InChI is InChI=1S/C31H29N2O/c1-19(2)16-23-13-15-28(33(6)21(23)4)29-20(3)12-14-25-27-18-24(32-5)17-26(30(27)34-31(25)29)22-10-8-7-9-11-22/h7-15,17-19H,16H2,1-4,6H3/q+1. The van der Waals surface area contributed by atoms with Gasteiger partial charge in [-0.3, -0.25) is 0 Å². The van der Waals surface area contributed by atoms with E-state index in [1.165, 1.54) is 16.8 Å². The van der Waals surface area contributed by atoms with Crippen molar-refractivity contribution in [2.75, 3.05) is 0 Å². The normalized spacial score (nSPS) is 11.4. The average Bonchev–Trinajstić information content (AvgIpc) is 3.21. The van der Waals surface area contributed by atoms with Crippen LogP contribution in [0.3, 0.4) is 0 Å². The van der Waals surface area contributed by atoms with E-state index in [-0.39, 0.29) is 0 Å². The summed E-state index contributed by atoms with van der Waals surface area (Å²) in [6, 6.07) is 22.8. The van der Waals surface area contributed by atoms with Crippen LogP contribution in [0.25, 0.3) is 49.2 Å². The van der Waals surface area contributed by atoms with Gasteiger partial charge in [0, 0.05) is 34.9 Å². The van der Waals surface area contributed by atoms with Crippen molar-refractivity contribution >= 4 is 27.6 Å². The lowest BCUT2D eigenvalue weighted by atomic mass is 9.96. The summed E-state index contributed by atoms with van der Waals surface area (Å²) in [6.07, 6.45) is 1.06. The molecule has 0 unspecified atom stereocenters. The van der Waals surface area contributed by atoms with Gasteiger partial charge in [-0.15, -0.1) is 0 Å². The van der Waals surface area contributed by atoms with Crippen molar-refractivity contribution in [3.05, 3.63) is 95.0 Å². The molecule has 0 atom stereocenters. The fraction of sp³-hybridized carbons (Fsp3) is 0.226. The molecule has 3 nitrogen and oxygen atoms in total. The Bertz CT molecular complexity index is 1580. The van der Waals surface area contributed by atoms with Crippen LogP contribution in [0, 0.1) is 26.3 Å². The summed E-state index contributed by atoms with van der Waals surface area (Å²) in [5.74, 6) is 0.609. The Hall–Kier alpha value is -3.90. The van der Waals surface area contributed by atoms with Crippen LogP contribution in [0.5, 0.6) is 0 Å². The fourth-order valence-corrected chi connectivity index (χ4v) is 4.95. The van der Waals surface area contributed by atoms with E-state index in [1.54, 1.807) is 0 Å². The largest absolute Gasteiger partial charge is 0.455 e. The van der Waals surface area contributed by atoms with Crippen molar-refractivity contribution in [1.82, 2.24) is 0 Å². The van der Waals surface area contributed by atoms with Gasteiger partial charge in [0.1, 0.15) is 18.2 Å². The van der Waals surface area contributed by atoms with Gasteiger partial charge in [-0.2, -0.15) is 4.57 Å². The second-order valence-electron chi connectivity index (χ2n) is 9.57. The van der Waals surface area contributed by atoms with Gasteiger partial charge in [-0.05, 0) is 48.6 Å². The number of nitrogens with zero attached hydrogens (tertiary/aromatic N) is 2. The average molecular weight is 446 g/mol. The number of fused-ring (bicyclic) bond motifs is 3. The maximum atomic E-state index is 7.66. The molecule has 0 aliphatic rings. The Kier molecular flexibility index (Phi) is 5.46. The minimum Gasteiger partial charge on any atom is -0.455 e. The van der Waals surface area contributed by atoms with E-state index in [0.29, 0.717) is 11.6 Å². The highest BCUT2D eigenvalue weighted by Crippen LogP contribution is 2.42. The van der Waals surface area contributed by atoms with Crippen molar-refractivity contribution in [1.29, 1.82) is 0 Å². The van der Waals surface area contributed by atoms with Crippen LogP contribution >= 0.6 is 0 Å². The van der Waals surface area contributed by atoms with Crippen LogP contribution in [0.4, 0.5) is 5.69 Å². The molecule has 0 saturated carbocycles. The molecule has 0 spiro atoms. The summed E-state index contributed by atoms with van der Waals surface area (Å²) in [6.45, 7) is 16.5. The zero-order valence-corrected chi connectivity index (χ0v) is 20.4. The van der Waals surface area contributed by atoms with Crippen LogP contribution in [0.15, 0.2) is 71.1 Å². The molecule has 0 N–H and O–H groups in total. The van der Waals surface area contributed by atoms with E-state index in [1.807, 2.05) is 30.3 Å². The number of furan rings is 1. The quantitative estimate of drug-likeness (QED) is 0.202. The smallest absolute Gasteiger partial charge is 0.216 e. The monoisotopic (exact) mass is 445 g/mol. The van der Waals surface area contributed by atoms with Crippen molar-refractivity contribution in [3.63, 3.8) is 0 Å². The highest BCUT2D eigenvalue weighted by atomic mass is 16.3. The van der Waals surface area contributed by atoms with Gasteiger partial charge in [-0.1, -0.05) is 56.3 Å². The van der Waals surface area contributed by atoms with Crippen molar-refractivity contribution < 1.29 is 8.98 Å². The molecular formula is C31H29N2O+. The zero-order valence-electron chi connectivity index (χ0n) is 20.4. The molecule has 168 valence electrons. The van der Waals surface area contributed by atoms with Crippen LogP contribution in [0.1, 0.15) is 30.7 Å². The molecule has 5 aromatic rings. The first kappa shape index (κ1) is 21.9. The third kappa shape index (κ3) is 3.56. The highest BCUT2D eigenvalue weighted by molar-refractivity contribution is 6.14. The molecule has 0 bridgehead atoms. The molecule has 0 amide bonds. The van der Waals surface area contributed by atoms with Crippen LogP contribution in [0.2, 0.25) is 0 Å². The number of hydrogen-bond acceptors (Lipinski definition) is 1. The molecule has 0 aliphatic heterocycles. The first-order chi connectivity index (χ1) is 16.4. The number of hydrogen-bond donors (Lipinski definition) is 0. The SMILES string of the molecule is [C-]#[N+]c1cc(-c2ccccc2)c2oc3c(-c4ccc(CC(C)C)c(C)[n+]4C)c(C)ccc3c2c1. The molecule has 0 fully saturated rings. The van der Waals surface area contributed by atoms with E-state index >= 15 is 0 Å². The zero-order chi connectivity index (χ0) is 24.0. The maximum Gasteiger partial charge on any atom is 0.216 e. The lowest BCUT2D eigenvalue weighted by Gasteiger charge is -2.11. The van der Waals surface area contributed by atoms with Crippen LogP contribution in [-0.2, 0) is 13.5 Å². The number of pyridine rings is 1. The molecular weight excluding hydrogens is 416 g/mol. The molecule has 34 heavy (non-hydrogen) atoms. The predicted molar refractivity (Wildman–Crippen MR) is 140 cm³/mol. The summed E-state index contributed by atoms with van der Waals surface area (Å²) in [7, 11) is 2.14. The van der Waals surface area contributed by atoms with Crippen LogP contribution < -0.4 is 4.57 Å². The topological polar surface area (TPSA) is 21.4 Å². The van der Waals surface area contributed by atoms with E-state index in [4.69, 9.17) is 11.0 Å². The summed E-state index contributed by atoms with van der Waals surface area (Å²) >= 11 is 0. The Balaban J connectivity index is 1.83. The highest BCUT2D eigenvalue weighted by Gasteiger charge is 2.24. The lowest BCUT2D eigenvalue weighted by molar-refractivity contribution is -0.667. The summed E-state index contributed by atoms with van der Waals surface area (Å²) in [5, 5.41) is 2.03. The third-order valence-electron chi connectivity index (χ3n) is 6.80. The van der Waals surface area contributed by atoms with E-state index in [2.05, 4.69) is 80.6 Å². The Morgan fingerprint density at radius 2 is 1.68 bits per heavy atom. The predicted octanol–water partition coefficient (Wildman–Crippen LogP) is 8.11. The van der Waals surface area contributed by atoms with Gasteiger partial charge in [0.15, 0.2) is 11.4 Å². The minimum absolute atomic E-state index is 0.609. The van der Waals surface area contributed by atoms with Crippen molar-refractivity contribution in [2.45, 2.75) is 34.1 Å². The molecule has 3 aromatic carbocycles. The summed E-state index contributed by atoms with van der Waals surface area (Å²) in [4.78, 5) is 3.75. The molecule has 5 rings (SSSR count). The van der Waals surface area contributed by atoms with Crippen molar-refractivity contribution in [3.8, 4) is 22.4 Å². The first-order valence-corrected chi connectivity index (χ1v) is 11.8. The van der Waals surface area contributed by atoms with Gasteiger partial charge in [0.05, 0.1) is 12.1 Å². The minimum atomic E-state index is 0.609. The maximum absolute atomic E-state index is 7.66. The molecule has 2 heterocycles. The van der Waals surface area contributed by atoms with Gasteiger partial charge in [-0.25, -0.2) is 4.85 Å². The second kappa shape index (κ2) is 8.47. The number of aryl methyl sites for hydroxylation is 1. The fourth-order valence-electron chi connectivity index (χ4n) is 4.95.